The number of hydrogen-bond donors (Lipinski definition) is 2. The highest BCUT2D eigenvalue weighted by atomic mass is 16.5. The van der Waals surface area contributed by atoms with Crippen LogP contribution in [-0.4, -0.2) is 25.5 Å². The highest BCUT2D eigenvalue weighted by Gasteiger charge is 2.35. The van der Waals surface area contributed by atoms with Gasteiger partial charge in [0.1, 0.15) is 11.6 Å². The lowest BCUT2D eigenvalue weighted by molar-refractivity contribution is 0.414. The van der Waals surface area contributed by atoms with Crippen LogP contribution in [0.3, 0.4) is 0 Å². The average molecular weight is 259 g/mol. The normalized spacial score (nSPS) is 18.2. The van der Waals surface area contributed by atoms with Crippen LogP contribution in [-0.2, 0) is 0 Å². The van der Waals surface area contributed by atoms with E-state index in [2.05, 4.69) is 4.90 Å². The number of anilines is 1. The van der Waals surface area contributed by atoms with Gasteiger partial charge in [0.2, 0.25) is 0 Å². The Hall–Kier alpha value is -1.71. The number of hydrogen-bond acceptors (Lipinski definition) is 3. The lowest BCUT2D eigenvalue weighted by Crippen LogP contribution is -2.30. The van der Waals surface area contributed by atoms with Crippen LogP contribution in [0.4, 0.5) is 5.69 Å². The Morgan fingerprint density at radius 1 is 1.37 bits per heavy atom. The van der Waals surface area contributed by atoms with E-state index in [1.807, 2.05) is 18.2 Å². The molecule has 0 spiro atoms. The largest absolute Gasteiger partial charge is 0.497 e. The monoisotopic (exact) mass is 259 g/mol. The van der Waals surface area contributed by atoms with Crippen molar-refractivity contribution in [3.63, 3.8) is 0 Å². The summed E-state index contributed by atoms with van der Waals surface area (Å²) in [5.74, 6) is 1.80. The van der Waals surface area contributed by atoms with Crippen LogP contribution in [0.5, 0.6) is 5.75 Å². The Kier molecular flexibility index (Phi) is 3.09. The first-order valence-corrected chi connectivity index (χ1v) is 6.98. The predicted molar refractivity (Wildman–Crippen MR) is 77.1 cm³/mol. The van der Waals surface area contributed by atoms with Crippen LogP contribution in [0.1, 0.15) is 31.2 Å². The fourth-order valence-electron chi connectivity index (χ4n) is 2.51. The second-order valence-electron chi connectivity index (χ2n) is 5.62. The average Bonchev–Trinajstić information content (AvgIpc) is 3.27. The third kappa shape index (κ3) is 2.67. The van der Waals surface area contributed by atoms with Gasteiger partial charge in [-0.3, -0.25) is 5.41 Å². The highest BCUT2D eigenvalue weighted by Crippen LogP contribution is 2.39. The van der Waals surface area contributed by atoms with E-state index in [4.69, 9.17) is 15.9 Å². The van der Waals surface area contributed by atoms with Gasteiger partial charge in [0.05, 0.1) is 12.8 Å². The first-order chi connectivity index (χ1) is 9.19. The van der Waals surface area contributed by atoms with Crippen molar-refractivity contribution < 1.29 is 4.74 Å². The van der Waals surface area contributed by atoms with Gasteiger partial charge in [-0.05, 0) is 43.7 Å². The molecular formula is C15H21N3O. The molecule has 2 aliphatic carbocycles. The zero-order valence-electron chi connectivity index (χ0n) is 11.4. The molecule has 1 aromatic rings. The molecule has 4 nitrogen and oxygen atoms in total. The molecule has 102 valence electrons. The number of amidine groups is 1. The smallest absolute Gasteiger partial charge is 0.124 e. The number of nitrogen functional groups attached to an aromatic ring is 1. The van der Waals surface area contributed by atoms with Gasteiger partial charge in [-0.25, -0.2) is 0 Å². The Morgan fingerprint density at radius 2 is 2.11 bits per heavy atom. The molecule has 0 aliphatic heterocycles. The first kappa shape index (κ1) is 12.3. The minimum Gasteiger partial charge on any atom is -0.497 e. The van der Waals surface area contributed by atoms with E-state index in [-0.39, 0.29) is 5.84 Å². The van der Waals surface area contributed by atoms with E-state index in [9.17, 15) is 0 Å². The molecule has 0 amide bonds. The van der Waals surface area contributed by atoms with Gasteiger partial charge in [-0.15, -0.1) is 0 Å². The van der Waals surface area contributed by atoms with Gasteiger partial charge in [0.25, 0.3) is 0 Å². The quantitative estimate of drug-likeness (QED) is 0.609. The number of ether oxygens (including phenoxy) is 1. The van der Waals surface area contributed by atoms with Crippen LogP contribution in [0.15, 0.2) is 18.2 Å². The lowest BCUT2D eigenvalue weighted by atomic mass is 10.1. The van der Waals surface area contributed by atoms with Crippen molar-refractivity contribution in [2.24, 2.45) is 11.7 Å². The second-order valence-corrected chi connectivity index (χ2v) is 5.62. The third-order valence-electron chi connectivity index (χ3n) is 3.94. The molecule has 3 rings (SSSR count). The predicted octanol–water partition coefficient (Wildman–Crippen LogP) is 2.36. The van der Waals surface area contributed by atoms with Crippen molar-refractivity contribution in [2.75, 3.05) is 18.6 Å². The van der Waals surface area contributed by atoms with Gasteiger partial charge in [0.15, 0.2) is 0 Å². The van der Waals surface area contributed by atoms with Crippen LogP contribution in [0, 0.1) is 11.3 Å². The molecule has 0 atom stereocenters. The fraction of sp³-hybridized carbons (Fsp3) is 0.533. The van der Waals surface area contributed by atoms with Crippen molar-refractivity contribution in [2.45, 2.75) is 31.7 Å². The van der Waals surface area contributed by atoms with Crippen LogP contribution in [0.2, 0.25) is 0 Å². The van der Waals surface area contributed by atoms with Gasteiger partial charge in [-0.1, -0.05) is 0 Å². The third-order valence-corrected chi connectivity index (χ3v) is 3.94. The molecule has 0 heterocycles. The molecule has 2 saturated carbocycles. The van der Waals surface area contributed by atoms with Crippen molar-refractivity contribution >= 4 is 11.5 Å². The number of nitrogens with zero attached hydrogens (tertiary/aromatic N) is 1. The fourth-order valence-corrected chi connectivity index (χ4v) is 2.51. The maximum atomic E-state index is 7.77. The summed E-state index contributed by atoms with van der Waals surface area (Å²) in [5, 5.41) is 7.77. The summed E-state index contributed by atoms with van der Waals surface area (Å²) in [6.07, 6.45) is 5.17. The molecule has 0 aromatic heterocycles. The summed E-state index contributed by atoms with van der Waals surface area (Å²) in [6.45, 7) is 1.10. The zero-order chi connectivity index (χ0) is 13.4. The summed E-state index contributed by atoms with van der Waals surface area (Å²) >= 11 is 0. The molecule has 1 aromatic carbocycles. The molecule has 19 heavy (non-hydrogen) atoms. The lowest BCUT2D eigenvalue weighted by Gasteiger charge is -2.27. The topological polar surface area (TPSA) is 62.3 Å². The maximum Gasteiger partial charge on any atom is 0.124 e. The van der Waals surface area contributed by atoms with Gasteiger partial charge in [-0.2, -0.15) is 0 Å². The zero-order valence-corrected chi connectivity index (χ0v) is 11.4. The minimum absolute atomic E-state index is 0.138. The maximum absolute atomic E-state index is 7.77. The first-order valence-electron chi connectivity index (χ1n) is 6.98. The Bertz CT molecular complexity index is 492. The van der Waals surface area contributed by atoms with Gasteiger partial charge >= 0.3 is 0 Å². The summed E-state index contributed by atoms with van der Waals surface area (Å²) in [5.41, 5.74) is 7.62. The van der Waals surface area contributed by atoms with E-state index >= 15 is 0 Å². The molecule has 0 radical (unpaired) electrons. The number of rotatable bonds is 6. The molecule has 0 saturated heterocycles. The van der Waals surface area contributed by atoms with E-state index in [0.29, 0.717) is 6.04 Å². The standard InChI is InChI=1S/C15H21N3O/c1-19-12-6-7-13(15(16)17)14(8-12)18(11-4-5-11)9-10-2-3-10/h6-8,10-11H,2-5,9H2,1H3,(H3,16,17). The molecule has 4 heteroatoms. The number of nitrogens with one attached hydrogen (secondary N) is 1. The van der Waals surface area contributed by atoms with E-state index in [1.54, 1.807) is 7.11 Å². The number of benzene rings is 1. The van der Waals surface area contributed by atoms with Gasteiger partial charge in [0, 0.05) is 24.2 Å². The van der Waals surface area contributed by atoms with Crippen LogP contribution >= 0.6 is 0 Å². The van der Waals surface area contributed by atoms with Crippen LogP contribution in [0.25, 0.3) is 0 Å². The minimum atomic E-state index is 0.138. The van der Waals surface area contributed by atoms with Gasteiger partial charge < -0.3 is 15.4 Å². The second kappa shape index (κ2) is 4.76. The molecule has 0 bridgehead atoms. The van der Waals surface area contributed by atoms with E-state index < -0.39 is 0 Å². The Morgan fingerprint density at radius 3 is 2.63 bits per heavy atom. The van der Waals surface area contributed by atoms with Crippen molar-refractivity contribution in [3.8, 4) is 5.75 Å². The SMILES string of the molecule is COc1ccc(C(=N)N)c(N(CC2CC2)C2CC2)c1. The summed E-state index contributed by atoms with van der Waals surface area (Å²) < 4.78 is 5.32. The summed E-state index contributed by atoms with van der Waals surface area (Å²) in [6, 6.07) is 6.43. The molecule has 2 aliphatic rings. The van der Waals surface area contributed by atoms with E-state index in [0.717, 1.165) is 29.5 Å². The summed E-state index contributed by atoms with van der Waals surface area (Å²) in [4.78, 5) is 2.44. The number of methoxy groups -OCH3 is 1. The number of nitrogens with two attached hydrogens (primary N) is 1. The summed E-state index contributed by atoms with van der Waals surface area (Å²) in [7, 11) is 1.68. The van der Waals surface area contributed by atoms with Crippen molar-refractivity contribution in [1.29, 1.82) is 5.41 Å². The van der Waals surface area contributed by atoms with Crippen molar-refractivity contribution in [3.05, 3.63) is 23.8 Å². The molecular weight excluding hydrogens is 238 g/mol. The van der Waals surface area contributed by atoms with Crippen molar-refractivity contribution in [1.82, 2.24) is 0 Å². The molecule has 3 N–H and O–H groups in total. The molecule has 2 fully saturated rings. The highest BCUT2D eigenvalue weighted by molar-refractivity contribution is 6.00. The van der Waals surface area contributed by atoms with E-state index in [1.165, 1.54) is 25.7 Å². The van der Waals surface area contributed by atoms with Crippen LogP contribution < -0.4 is 15.4 Å². The Labute approximate surface area is 114 Å². The molecule has 0 unspecified atom stereocenters. The Balaban J connectivity index is 1.95.